The van der Waals surface area contributed by atoms with Crippen molar-refractivity contribution in [3.05, 3.63) is 64.7 Å². The summed E-state index contributed by atoms with van der Waals surface area (Å²) in [5.41, 5.74) is 3.05. The molecule has 0 spiro atoms. The van der Waals surface area contributed by atoms with E-state index in [9.17, 15) is 19.7 Å². The molecule has 3 aromatic rings. The summed E-state index contributed by atoms with van der Waals surface area (Å²) in [6, 6.07) is 10.5. The highest BCUT2D eigenvalue weighted by Gasteiger charge is 2.17. The van der Waals surface area contributed by atoms with Crippen LogP contribution in [-0.4, -0.2) is 33.7 Å². The van der Waals surface area contributed by atoms with Gasteiger partial charge >= 0.3 is 11.9 Å². The number of unbranched alkanes of at least 4 members (excludes halogenated alkanes) is 8. The van der Waals surface area contributed by atoms with E-state index in [4.69, 9.17) is 9.57 Å². The van der Waals surface area contributed by atoms with Gasteiger partial charge in [-0.05, 0) is 31.0 Å². The zero-order valence-electron chi connectivity index (χ0n) is 23.5. The summed E-state index contributed by atoms with van der Waals surface area (Å²) in [7, 11) is 0. The molecule has 0 aliphatic heterocycles. The van der Waals surface area contributed by atoms with Crippen molar-refractivity contribution in [3.8, 4) is 0 Å². The van der Waals surface area contributed by atoms with Crippen molar-refractivity contribution < 1.29 is 24.1 Å². The lowest BCUT2D eigenvalue weighted by Gasteiger charge is -2.09. The molecule has 214 valence electrons. The quantitative estimate of drug-likeness (QED) is 0.0325. The van der Waals surface area contributed by atoms with Crippen molar-refractivity contribution in [2.75, 3.05) is 6.61 Å². The summed E-state index contributed by atoms with van der Waals surface area (Å²) in [5.74, 6) is -1.01. The molecule has 40 heavy (non-hydrogen) atoms. The molecule has 9 nitrogen and oxygen atoms in total. The number of rotatable bonds is 17. The molecule has 1 aromatic heterocycles. The number of non-ortho nitro benzene ring substituents is 1. The molecule has 0 saturated heterocycles. The monoisotopic (exact) mass is 549 g/mol. The van der Waals surface area contributed by atoms with Crippen molar-refractivity contribution >= 4 is 45.1 Å². The number of carbonyl (C=O) groups is 2. The van der Waals surface area contributed by atoms with Gasteiger partial charge in [-0.2, -0.15) is 0 Å². The topological polar surface area (TPSA) is 113 Å². The van der Waals surface area contributed by atoms with Gasteiger partial charge in [0.2, 0.25) is 0 Å². The highest BCUT2D eigenvalue weighted by atomic mass is 16.7. The molecule has 9 heteroatoms. The molecule has 0 atom stereocenters. The number of nitro benzene ring substituents is 1. The summed E-state index contributed by atoms with van der Waals surface area (Å²) in [4.78, 5) is 39.2. The van der Waals surface area contributed by atoms with E-state index in [1.54, 1.807) is 12.1 Å². The number of nitro groups is 1. The van der Waals surface area contributed by atoms with Gasteiger partial charge in [0.1, 0.15) is 6.61 Å². The fourth-order valence-corrected chi connectivity index (χ4v) is 4.89. The van der Waals surface area contributed by atoms with Crippen LogP contribution in [0.15, 0.2) is 54.2 Å². The van der Waals surface area contributed by atoms with Crippen LogP contribution in [0.2, 0.25) is 0 Å². The van der Waals surface area contributed by atoms with Crippen LogP contribution in [0.3, 0.4) is 0 Å². The lowest BCUT2D eigenvalue weighted by molar-refractivity contribution is -0.384. The molecule has 0 bridgehead atoms. The second-order valence-corrected chi connectivity index (χ2v) is 9.91. The van der Waals surface area contributed by atoms with Crippen molar-refractivity contribution in [2.24, 2.45) is 5.16 Å². The number of hydrogen-bond donors (Lipinski definition) is 0. The van der Waals surface area contributed by atoms with Crippen molar-refractivity contribution in [3.63, 3.8) is 0 Å². The molecule has 2 aromatic carbocycles. The third kappa shape index (κ3) is 8.49. The first-order valence-electron chi connectivity index (χ1n) is 14.1. The predicted molar refractivity (Wildman–Crippen MR) is 157 cm³/mol. The number of benzene rings is 2. The number of oxime groups is 1. The van der Waals surface area contributed by atoms with Crippen LogP contribution in [-0.2, 0) is 25.7 Å². The largest absolute Gasteiger partial charge is 0.461 e. The molecule has 0 radical (unpaired) electrons. The van der Waals surface area contributed by atoms with E-state index in [0.29, 0.717) is 24.1 Å². The Morgan fingerprint density at radius 2 is 1.60 bits per heavy atom. The van der Waals surface area contributed by atoms with Gasteiger partial charge in [-0.1, -0.05) is 76.1 Å². The summed E-state index contributed by atoms with van der Waals surface area (Å²) < 4.78 is 7.15. The number of ether oxygens (including phenoxy) is 1. The predicted octanol–water partition coefficient (Wildman–Crippen LogP) is 7.62. The van der Waals surface area contributed by atoms with Gasteiger partial charge in [0.05, 0.1) is 17.2 Å². The Morgan fingerprint density at radius 1 is 0.975 bits per heavy atom. The van der Waals surface area contributed by atoms with E-state index in [-0.39, 0.29) is 12.3 Å². The highest BCUT2D eigenvalue weighted by Crippen LogP contribution is 2.33. The smallest absolute Gasteiger partial charge is 0.331 e. The Kier molecular flexibility index (Phi) is 11.9. The fraction of sp³-hybridized carbons (Fsp3) is 0.452. The average Bonchev–Trinajstić information content (AvgIpc) is 3.25. The summed E-state index contributed by atoms with van der Waals surface area (Å²) >= 11 is 0. The van der Waals surface area contributed by atoms with Crippen LogP contribution in [0.1, 0.15) is 83.6 Å². The lowest BCUT2D eigenvalue weighted by atomic mass is 10.0. The molecule has 0 saturated carbocycles. The summed E-state index contributed by atoms with van der Waals surface area (Å²) in [5, 5.41) is 17.2. The molecule has 3 rings (SSSR count). The molecule has 0 aliphatic rings. The Bertz CT molecular complexity index is 1370. The maximum absolute atomic E-state index is 11.5. The first kappa shape index (κ1) is 30.5. The Hall–Kier alpha value is -4.01. The normalized spacial score (nSPS) is 11.6. The number of nitrogens with zero attached hydrogens (tertiary/aromatic N) is 3. The molecule has 0 fully saturated rings. The number of hydrogen-bond acceptors (Lipinski definition) is 7. The van der Waals surface area contributed by atoms with Crippen LogP contribution in [0.5, 0.6) is 0 Å². The second kappa shape index (κ2) is 15.5. The standard InChI is InChI=1S/C31H39N3O6/c1-4-6-7-8-9-10-11-12-13-14-28(32-40-23(3)35)24-15-17-29-26(21-24)27-22-25(34(37)38)16-18-30(27)33(29)19-20-39-31(36)5-2/h5,15-18,21-22H,2,4,6-14,19-20H2,1,3H3. The second-order valence-electron chi connectivity index (χ2n) is 9.91. The zero-order valence-corrected chi connectivity index (χ0v) is 23.5. The van der Waals surface area contributed by atoms with Gasteiger partial charge in [0, 0.05) is 52.5 Å². The van der Waals surface area contributed by atoms with E-state index < -0.39 is 16.9 Å². The molecule has 0 aliphatic carbocycles. The summed E-state index contributed by atoms with van der Waals surface area (Å²) in [6.07, 6.45) is 12.5. The third-order valence-electron chi connectivity index (χ3n) is 6.92. The Labute approximate surface area is 235 Å². The third-order valence-corrected chi connectivity index (χ3v) is 6.92. The lowest BCUT2D eigenvalue weighted by Crippen LogP contribution is -2.09. The molecule has 0 amide bonds. The Morgan fingerprint density at radius 3 is 2.23 bits per heavy atom. The highest BCUT2D eigenvalue weighted by molar-refractivity contribution is 6.12. The molecule has 0 N–H and O–H groups in total. The number of carbonyl (C=O) groups excluding carboxylic acids is 2. The van der Waals surface area contributed by atoms with Crippen molar-refractivity contribution in [1.82, 2.24) is 4.57 Å². The number of fused-ring (bicyclic) bond motifs is 3. The van der Waals surface area contributed by atoms with E-state index in [0.717, 1.165) is 47.3 Å². The summed E-state index contributed by atoms with van der Waals surface area (Å²) in [6.45, 7) is 7.44. The molecular formula is C31H39N3O6. The van der Waals surface area contributed by atoms with Crippen molar-refractivity contribution in [1.29, 1.82) is 0 Å². The number of esters is 1. The van der Waals surface area contributed by atoms with Gasteiger partial charge < -0.3 is 14.1 Å². The first-order valence-corrected chi connectivity index (χ1v) is 14.1. The average molecular weight is 550 g/mol. The maximum atomic E-state index is 11.5. The zero-order chi connectivity index (χ0) is 28.9. The van der Waals surface area contributed by atoms with Gasteiger partial charge in [0.15, 0.2) is 0 Å². The van der Waals surface area contributed by atoms with Crippen LogP contribution >= 0.6 is 0 Å². The van der Waals surface area contributed by atoms with E-state index in [1.165, 1.54) is 51.5 Å². The molecular weight excluding hydrogens is 510 g/mol. The number of aromatic nitrogens is 1. The SMILES string of the molecule is C=CC(=O)OCCn1c2ccc(C(CCCCCCCCCCC)=NOC(C)=O)cc2c2cc([N+](=O)[O-])ccc21. The van der Waals surface area contributed by atoms with Crippen LogP contribution in [0.25, 0.3) is 21.8 Å². The maximum Gasteiger partial charge on any atom is 0.331 e. The van der Waals surface area contributed by atoms with Gasteiger partial charge in [-0.3, -0.25) is 10.1 Å². The van der Waals surface area contributed by atoms with E-state index in [1.807, 2.05) is 22.8 Å². The van der Waals surface area contributed by atoms with Gasteiger partial charge in [0.25, 0.3) is 5.69 Å². The van der Waals surface area contributed by atoms with Crippen molar-refractivity contribution in [2.45, 2.75) is 84.6 Å². The molecule has 0 unspecified atom stereocenters. The first-order chi connectivity index (χ1) is 19.3. The fourth-order valence-electron chi connectivity index (χ4n) is 4.89. The Balaban J connectivity index is 1.86. The van der Waals surface area contributed by atoms with E-state index >= 15 is 0 Å². The minimum absolute atomic E-state index is 0.0152. The molecule has 1 heterocycles. The minimum Gasteiger partial charge on any atom is -0.461 e. The van der Waals surface area contributed by atoms with Gasteiger partial charge in [-0.25, -0.2) is 9.59 Å². The van der Waals surface area contributed by atoms with Crippen LogP contribution in [0.4, 0.5) is 5.69 Å². The van der Waals surface area contributed by atoms with E-state index in [2.05, 4.69) is 18.7 Å². The van der Waals surface area contributed by atoms with Crippen LogP contribution < -0.4 is 0 Å². The minimum atomic E-state index is -0.512. The van der Waals surface area contributed by atoms with Crippen LogP contribution in [0, 0.1) is 10.1 Å². The van der Waals surface area contributed by atoms with Gasteiger partial charge in [-0.15, -0.1) is 0 Å².